The molecule has 0 radical (unpaired) electrons. The third kappa shape index (κ3) is 4.28. The SMILES string of the molecule is CC(C)c1ccc(Oc2c(C(F)(F)F)oc3c(CN(C)C)c(O)ccc3c2=O)cc1. The molecule has 0 bridgehead atoms. The van der Waals surface area contributed by atoms with Crippen molar-refractivity contribution < 1.29 is 27.4 Å². The quantitative estimate of drug-likeness (QED) is 0.590. The van der Waals surface area contributed by atoms with Crippen LogP contribution < -0.4 is 10.2 Å². The van der Waals surface area contributed by atoms with E-state index in [4.69, 9.17) is 9.15 Å². The molecule has 3 rings (SSSR count). The smallest absolute Gasteiger partial charge is 0.453 e. The molecule has 5 nitrogen and oxygen atoms in total. The van der Waals surface area contributed by atoms with Crippen LogP contribution in [0.2, 0.25) is 0 Å². The molecule has 0 spiro atoms. The van der Waals surface area contributed by atoms with Gasteiger partial charge in [0, 0.05) is 6.54 Å². The fourth-order valence-electron chi connectivity index (χ4n) is 3.07. The average molecular weight is 421 g/mol. The zero-order chi connectivity index (χ0) is 22.2. The Morgan fingerprint density at radius 3 is 2.27 bits per heavy atom. The van der Waals surface area contributed by atoms with Gasteiger partial charge in [-0.2, -0.15) is 13.2 Å². The third-order valence-corrected chi connectivity index (χ3v) is 4.60. The van der Waals surface area contributed by atoms with Crippen molar-refractivity contribution in [3.63, 3.8) is 0 Å². The highest BCUT2D eigenvalue weighted by Gasteiger charge is 2.41. The number of nitrogens with zero attached hydrogens (tertiary/aromatic N) is 1. The van der Waals surface area contributed by atoms with Gasteiger partial charge < -0.3 is 19.2 Å². The summed E-state index contributed by atoms with van der Waals surface area (Å²) >= 11 is 0. The minimum atomic E-state index is -4.97. The first-order chi connectivity index (χ1) is 14.0. The van der Waals surface area contributed by atoms with E-state index in [9.17, 15) is 23.1 Å². The zero-order valence-corrected chi connectivity index (χ0v) is 17.0. The number of rotatable bonds is 5. The number of phenols is 1. The summed E-state index contributed by atoms with van der Waals surface area (Å²) in [7, 11) is 3.36. The third-order valence-electron chi connectivity index (χ3n) is 4.60. The molecule has 1 heterocycles. The van der Waals surface area contributed by atoms with Crippen LogP contribution in [-0.2, 0) is 12.7 Å². The maximum absolute atomic E-state index is 13.7. The first-order valence-corrected chi connectivity index (χ1v) is 9.30. The molecule has 3 aromatic rings. The number of benzene rings is 2. The van der Waals surface area contributed by atoms with Gasteiger partial charge in [0.05, 0.1) is 10.9 Å². The van der Waals surface area contributed by atoms with Crippen LogP contribution in [0.4, 0.5) is 13.2 Å². The normalized spacial score (nSPS) is 12.2. The van der Waals surface area contributed by atoms with Crippen LogP contribution in [0.1, 0.15) is 36.7 Å². The van der Waals surface area contributed by atoms with Gasteiger partial charge in [0.2, 0.25) is 11.2 Å². The Balaban J connectivity index is 2.22. The second-order valence-corrected chi connectivity index (χ2v) is 7.59. The van der Waals surface area contributed by atoms with Crippen LogP contribution in [0, 0.1) is 0 Å². The van der Waals surface area contributed by atoms with Crippen LogP contribution in [-0.4, -0.2) is 24.1 Å². The second-order valence-electron chi connectivity index (χ2n) is 7.59. The molecule has 0 saturated carbocycles. The van der Waals surface area contributed by atoms with E-state index >= 15 is 0 Å². The van der Waals surface area contributed by atoms with Gasteiger partial charge in [-0.25, -0.2) is 0 Å². The van der Waals surface area contributed by atoms with Gasteiger partial charge in [0.15, 0.2) is 0 Å². The van der Waals surface area contributed by atoms with E-state index in [1.807, 2.05) is 13.8 Å². The molecule has 0 atom stereocenters. The van der Waals surface area contributed by atoms with Crippen LogP contribution in [0.15, 0.2) is 45.6 Å². The Morgan fingerprint density at radius 2 is 1.73 bits per heavy atom. The predicted octanol–water partition coefficient (Wildman–Crippen LogP) is 5.49. The molecule has 0 aliphatic carbocycles. The number of halogens is 3. The lowest BCUT2D eigenvalue weighted by molar-refractivity contribution is -0.154. The molecule has 0 saturated heterocycles. The van der Waals surface area contributed by atoms with Crippen molar-refractivity contribution in [2.75, 3.05) is 14.1 Å². The summed E-state index contributed by atoms with van der Waals surface area (Å²) < 4.78 is 51.7. The number of ether oxygens (including phenoxy) is 1. The molecule has 8 heteroatoms. The molecule has 0 fully saturated rings. The zero-order valence-electron chi connectivity index (χ0n) is 17.0. The monoisotopic (exact) mass is 421 g/mol. The van der Waals surface area contributed by atoms with Gasteiger partial charge in [-0.1, -0.05) is 26.0 Å². The Bertz CT molecular complexity index is 1120. The molecule has 0 unspecified atom stereocenters. The largest absolute Gasteiger partial charge is 0.507 e. The van der Waals surface area contributed by atoms with E-state index in [1.165, 1.54) is 24.3 Å². The summed E-state index contributed by atoms with van der Waals surface area (Å²) in [6, 6.07) is 8.95. The van der Waals surface area contributed by atoms with Gasteiger partial charge >= 0.3 is 6.18 Å². The van der Waals surface area contributed by atoms with E-state index < -0.39 is 23.1 Å². The first kappa shape index (κ1) is 21.7. The van der Waals surface area contributed by atoms with Gasteiger partial charge in [0.25, 0.3) is 5.76 Å². The number of alkyl halides is 3. The highest BCUT2D eigenvalue weighted by atomic mass is 19.4. The van der Waals surface area contributed by atoms with Crippen LogP contribution >= 0.6 is 0 Å². The first-order valence-electron chi connectivity index (χ1n) is 9.30. The van der Waals surface area contributed by atoms with Gasteiger partial charge in [-0.15, -0.1) is 0 Å². The second kappa shape index (κ2) is 8.02. The molecule has 1 aromatic heterocycles. The molecule has 0 amide bonds. The lowest BCUT2D eigenvalue weighted by atomic mass is 10.0. The lowest BCUT2D eigenvalue weighted by Gasteiger charge is -2.17. The standard InChI is InChI=1S/C22H22F3NO4/c1-12(2)13-5-7-14(8-6-13)29-20-18(28)15-9-10-17(27)16(11-26(3)4)19(15)30-21(20)22(23,24)25/h5-10,12,27H,11H2,1-4H3. The maximum Gasteiger partial charge on any atom is 0.453 e. The number of fused-ring (bicyclic) bond motifs is 1. The number of phenolic OH excluding ortho intramolecular Hbond substituents is 1. The summed E-state index contributed by atoms with van der Waals surface area (Å²) in [6.45, 7) is 4.05. The summed E-state index contributed by atoms with van der Waals surface area (Å²) in [5, 5.41) is 10.0. The van der Waals surface area contributed by atoms with Crippen molar-refractivity contribution in [1.82, 2.24) is 4.90 Å². The Hall–Kier alpha value is -3.00. The van der Waals surface area contributed by atoms with Gasteiger partial charge in [0.1, 0.15) is 17.1 Å². The minimum Gasteiger partial charge on any atom is -0.507 e. The topological polar surface area (TPSA) is 62.9 Å². The van der Waals surface area contributed by atoms with Crippen molar-refractivity contribution in [2.45, 2.75) is 32.5 Å². The summed E-state index contributed by atoms with van der Waals surface area (Å²) in [5.74, 6) is -2.42. The fraction of sp³-hybridized carbons (Fsp3) is 0.318. The van der Waals surface area contributed by atoms with E-state index in [-0.39, 0.29) is 40.5 Å². The number of aromatic hydroxyl groups is 1. The summed E-state index contributed by atoms with van der Waals surface area (Å²) in [5.41, 5.74) is -0.208. The van der Waals surface area contributed by atoms with E-state index in [0.29, 0.717) is 0 Å². The average Bonchev–Trinajstić information content (AvgIpc) is 2.65. The predicted molar refractivity (Wildman–Crippen MR) is 107 cm³/mol. The molecular formula is C22H22F3NO4. The number of hydrogen-bond acceptors (Lipinski definition) is 5. The van der Waals surface area contributed by atoms with E-state index in [1.54, 1.807) is 31.1 Å². The van der Waals surface area contributed by atoms with Crippen molar-refractivity contribution in [3.05, 3.63) is 63.5 Å². The molecule has 0 aliphatic heterocycles. The summed E-state index contributed by atoms with van der Waals surface area (Å²) in [4.78, 5) is 14.6. The van der Waals surface area contributed by atoms with Crippen molar-refractivity contribution in [3.8, 4) is 17.2 Å². The molecule has 30 heavy (non-hydrogen) atoms. The lowest BCUT2D eigenvalue weighted by Crippen LogP contribution is -2.17. The maximum atomic E-state index is 13.7. The molecule has 2 aromatic carbocycles. The Morgan fingerprint density at radius 1 is 1.10 bits per heavy atom. The van der Waals surface area contributed by atoms with Crippen LogP contribution in [0.3, 0.4) is 0 Å². The van der Waals surface area contributed by atoms with Crippen molar-refractivity contribution >= 4 is 11.0 Å². The molecule has 160 valence electrons. The van der Waals surface area contributed by atoms with Crippen molar-refractivity contribution in [1.29, 1.82) is 0 Å². The molecular weight excluding hydrogens is 399 g/mol. The van der Waals surface area contributed by atoms with E-state index in [2.05, 4.69) is 0 Å². The number of hydrogen-bond donors (Lipinski definition) is 1. The van der Waals surface area contributed by atoms with Crippen LogP contribution in [0.25, 0.3) is 11.0 Å². The van der Waals surface area contributed by atoms with Crippen molar-refractivity contribution in [2.24, 2.45) is 0 Å². The Kier molecular flexibility index (Phi) is 5.81. The molecule has 1 N–H and O–H groups in total. The highest BCUT2D eigenvalue weighted by Crippen LogP contribution is 2.40. The highest BCUT2D eigenvalue weighted by molar-refractivity contribution is 5.83. The Labute approximate surface area is 171 Å². The fourth-order valence-corrected chi connectivity index (χ4v) is 3.07. The van der Waals surface area contributed by atoms with Crippen LogP contribution in [0.5, 0.6) is 17.2 Å². The van der Waals surface area contributed by atoms with Gasteiger partial charge in [-0.05, 0) is 49.8 Å². The molecule has 0 aliphatic rings. The van der Waals surface area contributed by atoms with E-state index in [0.717, 1.165) is 5.56 Å². The van der Waals surface area contributed by atoms with Gasteiger partial charge in [-0.3, -0.25) is 4.79 Å². The minimum absolute atomic E-state index is 0.0836. The summed E-state index contributed by atoms with van der Waals surface area (Å²) in [6.07, 6.45) is -4.97.